The van der Waals surface area contributed by atoms with E-state index in [0.717, 1.165) is 11.4 Å². The summed E-state index contributed by atoms with van der Waals surface area (Å²) < 4.78 is 7.19. The van der Waals surface area contributed by atoms with Crippen molar-refractivity contribution in [3.8, 4) is 11.4 Å². The topological polar surface area (TPSA) is 47.4 Å². The molecule has 0 aliphatic heterocycles. The monoisotopic (exact) mass is 383 g/mol. The number of halogens is 1. The van der Waals surface area contributed by atoms with E-state index in [2.05, 4.69) is 20.8 Å². The fraction of sp³-hybridized carbons (Fsp3) is 0.238. The van der Waals surface area contributed by atoms with Gasteiger partial charge in [-0.1, -0.05) is 50.6 Å². The first-order valence-electron chi connectivity index (χ1n) is 8.63. The van der Waals surface area contributed by atoms with Crippen molar-refractivity contribution in [1.82, 2.24) is 9.78 Å². The number of benzene rings is 2. The van der Waals surface area contributed by atoms with Gasteiger partial charge >= 0.3 is 6.09 Å². The van der Waals surface area contributed by atoms with Crippen LogP contribution in [0.25, 0.3) is 5.69 Å². The summed E-state index contributed by atoms with van der Waals surface area (Å²) in [6.07, 6.45) is -0.489. The van der Waals surface area contributed by atoms with Gasteiger partial charge < -0.3 is 4.74 Å². The van der Waals surface area contributed by atoms with Crippen LogP contribution in [0.3, 0.4) is 0 Å². The molecule has 0 atom stereocenters. The number of rotatable bonds is 3. The first-order valence-corrected chi connectivity index (χ1v) is 9.00. The highest BCUT2D eigenvalue weighted by atomic mass is 35.5. The minimum atomic E-state index is -0.489. The highest BCUT2D eigenvalue weighted by Gasteiger charge is 2.25. The maximum absolute atomic E-state index is 12.7. The molecule has 0 N–H and O–H groups in total. The van der Waals surface area contributed by atoms with Crippen LogP contribution in [0.5, 0.6) is 5.75 Å². The second kappa shape index (κ2) is 7.45. The summed E-state index contributed by atoms with van der Waals surface area (Å²) in [5.41, 5.74) is 1.51. The molecule has 2 aromatic carbocycles. The molecule has 27 heavy (non-hydrogen) atoms. The number of ether oxygens (including phenoxy) is 1. The van der Waals surface area contributed by atoms with Crippen LogP contribution in [0.2, 0.25) is 5.02 Å². The predicted molar refractivity (Wildman–Crippen MR) is 108 cm³/mol. The largest absolute Gasteiger partial charge is 0.420 e. The van der Waals surface area contributed by atoms with Crippen molar-refractivity contribution in [2.24, 2.45) is 0 Å². The van der Waals surface area contributed by atoms with Gasteiger partial charge in [-0.25, -0.2) is 9.48 Å². The molecule has 0 aliphatic rings. The molecule has 3 rings (SSSR count). The molecule has 1 heterocycles. The molecule has 0 unspecified atom stereocenters. The lowest BCUT2D eigenvalue weighted by molar-refractivity contribution is 0.208. The number of nitrogens with zero attached hydrogens (tertiary/aromatic N) is 3. The summed E-state index contributed by atoms with van der Waals surface area (Å²) >= 11 is 6.01. The lowest BCUT2D eigenvalue weighted by Crippen LogP contribution is -2.31. The highest BCUT2D eigenvalue weighted by Crippen LogP contribution is 2.29. The van der Waals surface area contributed by atoms with E-state index in [4.69, 9.17) is 21.4 Å². The van der Waals surface area contributed by atoms with Crippen molar-refractivity contribution in [1.29, 1.82) is 0 Å². The van der Waals surface area contributed by atoms with Crippen LogP contribution in [0.15, 0.2) is 60.7 Å². The average molecular weight is 384 g/mol. The number of aromatic nitrogens is 2. The first-order chi connectivity index (χ1) is 12.8. The fourth-order valence-electron chi connectivity index (χ4n) is 2.50. The van der Waals surface area contributed by atoms with Crippen molar-refractivity contribution in [3.63, 3.8) is 0 Å². The summed E-state index contributed by atoms with van der Waals surface area (Å²) in [6.45, 7) is 6.23. The third-order valence-electron chi connectivity index (χ3n) is 4.10. The molecule has 140 valence electrons. The summed E-state index contributed by atoms with van der Waals surface area (Å²) in [5, 5.41) is 5.36. The fourth-order valence-corrected chi connectivity index (χ4v) is 2.63. The van der Waals surface area contributed by atoms with Crippen molar-refractivity contribution in [2.45, 2.75) is 26.2 Å². The minimum Gasteiger partial charge on any atom is -0.410 e. The zero-order valence-electron chi connectivity index (χ0n) is 15.8. The number of para-hydroxylation sites is 1. The Hall–Kier alpha value is -2.79. The van der Waals surface area contributed by atoms with Crippen LogP contribution in [-0.4, -0.2) is 22.9 Å². The maximum Gasteiger partial charge on any atom is 0.420 e. The Bertz CT molecular complexity index is 928. The van der Waals surface area contributed by atoms with Crippen LogP contribution >= 0.6 is 11.6 Å². The molecule has 0 bridgehead atoms. The number of hydrogen-bond acceptors (Lipinski definition) is 3. The smallest absolute Gasteiger partial charge is 0.410 e. The summed E-state index contributed by atoms with van der Waals surface area (Å²) in [5.74, 6) is 1.10. The Morgan fingerprint density at radius 3 is 2.30 bits per heavy atom. The van der Waals surface area contributed by atoms with Crippen molar-refractivity contribution < 1.29 is 9.53 Å². The van der Waals surface area contributed by atoms with Gasteiger partial charge in [0.25, 0.3) is 0 Å². The molecule has 0 aliphatic carbocycles. The Balaban J connectivity index is 1.98. The van der Waals surface area contributed by atoms with Gasteiger partial charge in [0, 0.05) is 23.6 Å². The normalized spacial score (nSPS) is 11.3. The molecule has 0 spiro atoms. The standard InChI is InChI=1S/C21H22ClN3O2/c1-21(2,3)18-14-19(25(23-18)16-12-10-15(22)11-13-16)24(4)20(26)27-17-8-6-5-7-9-17/h5-14H,1-4H3. The number of amides is 1. The van der Waals surface area contributed by atoms with Crippen LogP contribution in [0, 0.1) is 0 Å². The van der Waals surface area contributed by atoms with E-state index in [1.807, 2.05) is 36.4 Å². The molecule has 0 saturated heterocycles. The highest BCUT2D eigenvalue weighted by molar-refractivity contribution is 6.30. The van der Waals surface area contributed by atoms with Gasteiger partial charge in [-0.2, -0.15) is 5.10 Å². The Morgan fingerprint density at radius 1 is 1.07 bits per heavy atom. The maximum atomic E-state index is 12.7. The molecule has 3 aromatic rings. The van der Waals surface area contributed by atoms with Gasteiger partial charge in [0.05, 0.1) is 11.4 Å². The molecule has 5 nitrogen and oxygen atoms in total. The second-order valence-corrected chi connectivity index (χ2v) is 7.70. The molecule has 1 aromatic heterocycles. The van der Waals surface area contributed by atoms with Crippen LogP contribution in [0.4, 0.5) is 10.6 Å². The Kier molecular flexibility index (Phi) is 5.24. The van der Waals surface area contributed by atoms with E-state index in [1.165, 1.54) is 4.90 Å². The lowest BCUT2D eigenvalue weighted by atomic mass is 9.92. The third kappa shape index (κ3) is 4.31. The van der Waals surface area contributed by atoms with Crippen molar-refractivity contribution in [3.05, 3.63) is 71.4 Å². The Labute approximate surface area is 164 Å². The van der Waals surface area contributed by atoms with Gasteiger partial charge in [-0.15, -0.1) is 0 Å². The number of carbonyl (C=O) groups excluding carboxylic acids is 1. The molecule has 0 saturated carbocycles. The molecule has 0 fully saturated rings. The van der Waals surface area contributed by atoms with Crippen molar-refractivity contribution in [2.75, 3.05) is 11.9 Å². The molecular formula is C21H22ClN3O2. The van der Waals surface area contributed by atoms with Gasteiger partial charge in [0.2, 0.25) is 0 Å². The quantitative estimate of drug-likeness (QED) is 0.603. The number of carbonyl (C=O) groups is 1. The second-order valence-electron chi connectivity index (χ2n) is 7.27. The minimum absolute atomic E-state index is 0.170. The van der Waals surface area contributed by atoms with E-state index >= 15 is 0 Å². The van der Waals surface area contributed by atoms with E-state index in [0.29, 0.717) is 16.6 Å². The van der Waals surface area contributed by atoms with Crippen LogP contribution in [-0.2, 0) is 5.41 Å². The zero-order valence-corrected chi connectivity index (χ0v) is 16.6. The van der Waals surface area contributed by atoms with E-state index in [1.54, 1.807) is 36.0 Å². The molecule has 6 heteroatoms. The average Bonchev–Trinajstić information content (AvgIpc) is 3.08. The van der Waals surface area contributed by atoms with Gasteiger partial charge in [-0.05, 0) is 36.4 Å². The van der Waals surface area contributed by atoms with Gasteiger partial charge in [-0.3, -0.25) is 4.90 Å². The van der Waals surface area contributed by atoms with E-state index in [-0.39, 0.29) is 5.41 Å². The van der Waals surface area contributed by atoms with E-state index < -0.39 is 6.09 Å². The predicted octanol–water partition coefficient (Wildman–Crippen LogP) is 5.46. The van der Waals surface area contributed by atoms with Crippen molar-refractivity contribution >= 4 is 23.5 Å². The van der Waals surface area contributed by atoms with E-state index in [9.17, 15) is 4.79 Å². The number of anilines is 1. The summed E-state index contributed by atoms with van der Waals surface area (Å²) in [7, 11) is 1.67. The van der Waals surface area contributed by atoms with Crippen LogP contribution in [0.1, 0.15) is 26.5 Å². The third-order valence-corrected chi connectivity index (χ3v) is 4.35. The zero-order chi connectivity index (χ0) is 19.6. The SMILES string of the molecule is CN(C(=O)Oc1ccccc1)c1cc(C(C)(C)C)nn1-c1ccc(Cl)cc1. The molecular weight excluding hydrogens is 362 g/mol. The molecule has 0 radical (unpaired) electrons. The summed E-state index contributed by atoms with van der Waals surface area (Å²) in [4.78, 5) is 14.1. The Morgan fingerprint density at radius 2 is 1.70 bits per heavy atom. The number of hydrogen-bond donors (Lipinski definition) is 0. The molecule has 1 amide bonds. The lowest BCUT2D eigenvalue weighted by Gasteiger charge is -2.18. The van der Waals surface area contributed by atoms with Crippen LogP contribution < -0.4 is 9.64 Å². The summed E-state index contributed by atoms with van der Waals surface area (Å²) in [6, 6.07) is 18.2. The van der Waals surface area contributed by atoms with Gasteiger partial charge in [0.15, 0.2) is 0 Å². The first kappa shape index (κ1) is 19.0. The van der Waals surface area contributed by atoms with Gasteiger partial charge in [0.1, 0.15) is 11.6 Å².